The number of ether oxygens (including phenoxy) is 1. The molecule has 1 saturated heterocycles. The molecule has 0 saturated carbocycles. The van der Waals surface area contributed by atoms with Crippen LogP contribution in [0, 0.1) is 0 Å². The van der Waals surface area contributed by atoms with Gasteiger partial charge in [0.1, 0.15) is 0 Å². The molecule has 96 valence electrons. The van der Waals surface area contributed by atoms with Crippen molar-refractivity contribution in [3.63, 3.8) is 0 Å². The average molecular weight is 244 g/mol. The Kier molecular flexibility index (Phi) is 4.52. The molecule has 0 aromatic carbocycles. The minimum atomic E-state index is -4.00. The molecular weight excluding hydrogens is 228 g/mol. The predicted octanol–water partition coefficient (Wildman–Crippen LogP) is 0.984. The second-order valence-corrected chi connectivity index (χ2v) is 4.14. The van der Waals surface area contributed by atoms with E-state index in [0.29, 0.717) is 26.1 Å². The van der Waals surface area contributed by atoms with Crippen LogP contribution in [0.4, 0.5) is 17.6 Å². The molecule has 0 spiro atoms. The summed E-state index contributed by atoms with van der Waals surface area (Å²) in [4.78, 5) is 0. The summed E-state index contributed by atoms with van der Waals surface area (Å²) in [5, 5.41) is 2.31. The minimum Gasteiger partial charge on any atom is -0.381 e. The largest absolute Gasteiger partial charge is 0.381 e. The summed E-state index contributed by atoms with van der Waals surface area (Å²) in [6, 6.07) is 0. The number of nitrogens with two attached hydrogens (primary N) is 1. The standard InChI is InChI=1S/C9H16F4N2O/c10-7(11)9(12,13)6-15-5-8(14)1-3-16-4-2-8/h7,15H,1-6,14H2. The fourth-order valence-electron chi connectivity index (χ4n) is 1.51. The van der Waals surface area contributed by atoms with E-state index in [-0.39, 0.29) is 6.54 Å². The zero-order valence-corrected chi connectivity index (χ0v) is 8.82. The van der Waals surface area contributed by atoms with E-state index >= 15 is 0 Å². The van der Waals surface area contributed by atoms with E-state index in [2.05, 4.69) is 5.32 Å². The van der Waals surface area contributed by atoms with E-state index < -0.39 is 24.4 Å². The van der Waals surface area contributed by atoms with Crippen LogP contribution in [0.3, 0.4) is 0 Å². The van der Waals surface area contributed by atoms with Gasteiger partial charge in [-0.2, -0.15) is 8.78 Å². The normalized spacial score (nSPS) is 21.4. The van der Waals surface area contributed by atoms with E-state index in [4.69, 9.17) is 10.5 Å². The first-order chi connectivity index (χ1) is 7.36. The Morgan fingerprint density at radius 1 is 1.31 bits per heavy atom. The van der Waals surface area contributed by atoms with Gasteiger partial charge in [-0.05, 0) is 12.8 Å². The summed E-state index contributed by atoms with van der Waals surface area (Å²) >= 11 is 0. The molecule has 0 unspecified atom stereocenters. The van der Waals surface area contributed by atoms with E-state index in [9.17, 15) is 17.6 Å². The molecule has 0 radical (unpaired) electrons. The molecule has 16 heavy (non-hydrogen) atoms. The molecule has 1 heterocycles. The topological polar surface area (TPSA) is 47.3 Å². The van der Waals surface area contributed by atoms with E-state index in [1.807, 2.05) is 0 Å². The van der Waals surface area contributed by atoms with E-state index in [1.54, 1.807) is 0 Å². The first-order valence-electron chi connectivity index (χ1n) is 5.09. The maximum atomic E-state index is 12.5. The van der Waals surface area contributed by atoms with Gasteiger partial charge in [0.2, 0.25) is 0 Å². The summed E-state index contributed by atoms with van der Waals surface area (Å²) in [7, 11) is 0. The van der Waals surface area contributed by atoms with Crippen LogP contribution in [0.2, 0.25) is 0 Å². The highest BCUT2D eigenvalue weighted by molar-refractivity contribution is 4.89. The third-order valence-electron chi connectivity index (χ3n) is 2.65. The second kappa shape index (κ2) is 5.29. The molecule has 1 fully saturated rings. The van der Waals surface area contributed by atoms with Crippen molar-refractivity contribution in [2.75, 3.05) is 26.3 Å². The number of halogens is 4. The quantitative estimate of drug-likeness (QED) is 0.709. The van der Waals surface area contributed by atoms with E-state index in [0.717, 1.165) is 0 Å². The lowest BCUT2D eigenvalue weighted by Gasteiger charge is -2.34. The Bertz CT molecular complexity index is 220. The van der Waals surface area contributed by atoms with Gasteiger partial charge in [-0.1, -0.05) is 0 Å². The minimum absolute atomic E-state index is 0.0959. The molecule has 3 nitrogen and oxygen atoms in total. The average Bonchev–Trinajstić information content (AvgIpc) is 2.17. The van der Waals surface area contributed by atoms with Crippen LogP contribution in [-0.2, 0) is 4.74 Å². The molecule has 1 aliphatic rings. The molecule has 0 aromatic rings. The maximum absolute atomic E-state index is 12.5. The SMILES string of the molecule is NC1(CNCC(F)(F)C(F)F)CCOCC1. The fourth-order valence-corrected chi connectivity index (χ4v) is 1.51. The Balaban J connectivity index is 2.29. The van der Waals surface area contributed by atoms with Gasteiger partial charge < -0.3 is 15.8 Å². The van der Waals surface area contributed by atoms with Gasteiger partial charge in [-0.25, -0.2) is 8.78 Å². The molecule has 3 N–H and O–H groups in total. The molecular formula is C9H16F4N2O. The smallest absolute Gasteiger partial charge is 0.319 e. The van der Waals surface area contributed by atoms with Crippen molar-refractivity contribution in [3.8, 4) is 0 Å². The Hall–Kier alpha value is -0.400. The number of alkyl halides is 4. The number of hydrogen-bond donors (Lipinski definition) is 2. The van der Waals surface area contributed by atoms with Crippen molar-refractivity contribution in [1.29, 1.82) is 0 Å². The van der Waals surface area contributed by atoms with Gasteiger partial charge in [-0.3, -0.25) is 0 Å². The van der Waals surface area contributed by atoms with Crippen LogP contribution in [-0.4, -0.2) is 44.2 Å². The fraction of sp³-hybridized carbons (Fsp3) is 1.00. The molecule has 0 aromatic heterocycles. The zero-order chi connectivity index (χ0) is 12.2. The molecule has 0 aliphatic carbocycles. The monoisotopic (exact) mass is 244 g/mol. The zero-order valence-electron chi connectivity index (χ0n) is 8.82. The van der Waals surface area contributed by atoms with Crippen LogP contribution in [0.25, 0.3) is 0 Å². The van der Waals surface area contributed by atoms with Gasteiger partial charge in [0.25, 0.3) is 0 Å². The Morgan fingerprint density at radius 3 is 2.38 bits per heavy atom. The second-order valence-electron chi connectivity index (χ2n) is 4.14. The molecule has 7 heteroatoms. The summed E-state index contributed by atoms with van der Waals surface area (Å²) in [6.45, 7) is -0.00398. The van der Waals surface area contributed by atoms with Crippen LogP contribution in [0.1, 0.15) is 12.8 Å². The van der Waals surface area contributed by atoms with Crippen LogP contribution in [0.5, 0.6) is 0 Å². The van der Waals surface area contributed by atoms with Gasteiger partial charge in [-0.15, -0.1) is 0 Å². The number of nitrogens with one attached hydrogen (secondary N) is 1. The van der Waals surface area contributed by atoms with Crippen molar-refractivity contribution in [2.45, 2.75) is 30.7 Å². The van der Waals surface area contributed by atoms with Crippen molar-refractivity contribution in [2.24, 2.45) is 5.73 Å². The van der Waals surface area contributed by atoms with Crippen LogP contribution in [0.15, 0.2) is 0 Å². The third-order valence-corrected chi connectivity index (χ3v) is 2.65. The predicted molar refractivity (Wildman–Crippen MR) is 50.8 cm³/mol. The van der Waals surface area contributed by atoms with Crippen molar-refractivity contribution in [1.82, 2.24) is 5.32 Å². The molecule has 0 atom stereocenters. The summed E-state index contributed by atoms with van der Waals surface area (Å²) in [6.07, 6.45) is -2.57. The molecule has 1 rings (SSSR count). The lowest BCUT2D eigenvalue weighted by molar-refractivity contribution is -0.125. The molecule has 0 bridgehead atoms. The molecule has 1 aliphatic heterocycles. The van der Waals surface area contributed by atoms with Crippen molar-refractivity contribution < 1.29 is 22.3 Å². The van der Waals surface area contributed by atoms with E-state index in [1.165, 1.54) is 0 Å². The lowest BCUT2D eigenvalue weighted by atomic mass is 9.91. The third kappa shape index (κ3) is 3.88. The van der Waals surface area contributed by atoms with Crippen LogP contribution >= 0.6 is 0 Å². The first-order valence-corrected chi connectivity index (χ1v) is 5.09. The Morgan fingerprint density at radius 2 is 1.88 bits per heavy atom. The summed E-state index contributed by atoms with van der Waals surface area (Å²) in [5.41, 5.74) is 5.26. The van der Waals surface area contributed by atoms with Crippen LogP contribution < -0.4 is 11.1 Å². The van der Waals surface area contributed by atoms with Crippen molar-refractivity contribution >= 4 is 0 Å². The highest BCUT2D eigenvalue weighted by Crippen LogP contribution is 2.22. The molecule has 0 amide bonds. The summed E-state index contributed by atoms with van der Waals surface area (Å²) in [5.74, 6) is -4.00. The lowest BCUT2D eigenvalue weighted by Crippen LogP contribution is -2.54. The Labute approximate surface area is 91.3 Å². The van der Waals surface area contributed by atoms with Gasteiger partial charge >= 0.3 is 12.3 Å². The van der Waals surface area contributed by atoms with Crippen molar-refractivity contribution in [3.05, 3.63) is 0 Å². The maximum Gasteiger partial charge on any atom is 0.319 e. The van der Waals surface area contributed by atoms with Gasteiger partial charge in [0.05, 0.1) is 6.54 Å². The summed E-state index contributed by atoms with van der Waals surface area (Å²) < 4.78 is 53.8. The number of hydrogen-bond acceptors (Lipinski definition) is 3. The highest BCUT2D eigenvalue weighted by atomic mass is 19.3. The van der Waals surface area contributed by atoms with Gasteiger partial charge in [0, 0.05) is 25.3 Å². The number of rotatable bonds is 5. The highest BCUT2D eigenvalue weighted by Gasteiger charge is 2.40. The van der Waals surface area contributed by atoms with Gasteiger partial charge in [0.15, 0.2) is 0 Å². The first kappa shape index (κ1) is 13.7.